The molecule has 0 saturated carbocycles. The quantitative estimate of drug-likeness (QED) is 0.335. The molecule has 0 atom stereocenters. The zero-order chi connectivity index (χ0) is 24.8. The summed E-state index contributed by atoms with van der Waals surface area (Å²) in [4.78, 5) is 45.4. The van der Waals surface area contributed by atoms with Crippen LogP contribution in [0.5, 0.6) is 10.9 Å². The van der Waals surface area contributed by atoms with Gasteiger partial charge in [-0.1, -0.05) is 23.7 Å². The molecular weight excluding hydrogens is 496 g/mol. The first kappa shape index (κ1) is 24.1. The molecule has 0 unspecified atom stereocenters. The summed E-state index contributed by atoms with van der Waals surface area (Å²) in [7, 11) is 1.24. The Kier molecular flexibility index (Phi) is 7.53. The molecule has 2 aromatic carbocycles. The molecular formula is C22H19ClN6O5S. The maximum Gasteiger partial charge on any atom is 0.354 e. The second kappa shape index (κ2) is 10.9. The van der Waals surface area contributed by atoms with Crippen LogP contribution in [-0.2, 0) is 22.6 Å². The number of hydrogen-bond donors (Lipinski definition) is 1. The number of benzene rings is 2. The topological polar surface area (TPSA) is 130 Å². The largest absolute Gasteiger partial charge is 0.469 e. The highest BCUT2D eigenvalue weighted by Gasteiger charge is 2.15. The van der Waals surface area contributed by atoms with Gasteiger partial charge in [0.15, 0.2) is 0 Å². The fourth-order valence-electron chi connectivity index (χ4n) is 3.08. The van der Waals surface area contributed by atoms with Crippen molar-refractivity contribution in [3.05, 3.63) is 86.4 Å². The molecule has 4 aromatic rings. The zero-order valence-electron chi connectivity index (χ0n) is 18.4. The molecule has 0 amide bonds. The molecule has 0 spiro atoms. The SMILES string of the molecule is COC(=O)CCn1c(=O)nc(Nc2ccc(Oc3ncns3)cc2)n(Cc2ccc(Cl)cc2)c1=O. The van der Waals surface area contributed by atoms with Gasteiger partial charge in [-0.25, -0.2) is 14.2 Å². The minimum atomic E-state index is -0.787. The number of carbonyl (C=O) groups excluding carboxylic acids is 1. The lowest BCUT2D eigenvalue weighted by molar-refractivity contribution is -0.140. The molecule has 2 heterocycles. The molecule has 0 saturated heterocycles. The fraction of sp³-hybridized carbons (Fsp3) is 0.182. The lowest BCUT2D eigenvalue weighted by atomic mass is 10.2. The van der Waals surface area contributed by atoms with E-state index < -0.39 is 17.3 Å². The van der Waals surface area contributed by atoms with Gasteiger partial charge in [0, 0.05) is 28.8 Å². The third kappa shape index (κ3) is 6.11. The predicted octanol–water partition coefficient (Wildman–Crippen LogP) is 3.06. The second-order valence-corrected chi connectivity index (χ2v) is 8.33. The Morgan fingerprint density at radius 3 is 2.49 bits per heavy atom. The third-order valence-electron chi connectivity index (χ3n) is 4.83. The summed E-state index contributed by atoms with van der Waals surface area (Å²) in [6, 6.07) is 13.7. The second-order valence-electron chi connectivity index (χ2n) is 7.15. The van der Waals surface area contributed by atoms with E-state index in [1.54, 1.807) is 48.5 Å². The van der Waals surface area contributed by atoms with Gasteiger partial charge in [0.05, 0.1) is 20.1 Å². The Morgan fingerprint density at radius 1 is 1.09 bits per heavy atom. The molecule has 11 nitrogen and oxygen atoms in total. The van der Waals surface area contributed by atoms with E-state index in [0.29, 0.717) is 21.7 Å². The first-order valence-electron chi connectivity index (χ1n) is 10.3. The van der Waals surface area contributed by atoms with E-state index in [-0.39, 0.29) is 25.5 Å². The van der Waals surface area contributed by atoms with Gasteiger partial charge >= 0.3 is 17.3 Å². The van der Waals surface area contributed by atoms with Crippen molar-refractivity contribution in [2.45, 2.75) is 19.5 Å². The molecule has 0 bridgehead atoms. The summed E-state index contributed by atoms with van der Waals surface area (Å²) in [6.45, 7) is -0.0437. The molecule has 1 N–H and O–H groups in total. The average Bonchev–Trinajstić information content (AvgIpc) is 3.36. The number of nitrogens with one attached hydrogen (secondary N) is 1. The van der Waals surface area contributed by atoms with Crippen LogP contribution in [0.15, 0.2) is 64.4 Å². The van der Waals surface area contributed by atoms with Crippen LogP contribution in [0.25, 0.3) is 0 Å². The van der Waals surface area contributed by atoms with Crippen LogP contribution in [0.1, 0.15) is 12.0 Å². The van der Waals surface area contributed by atoms with Gasteiger partial charge in [-0.05, 0) is 42.0 Å². The first-order chi connectivity index (χ1) is 16.9. The van der Waals surface area contributed by atoms with E-state index in [0.717, 1.165) is 21.7 Å². The number of carbonyl (C=O) groups is 1. The minimum Gasteiger partial charge on any atom is -0.469 e. The number of anilines is 2. The van der Waals surface area contributed by atoms with Gasteiger partial charge in [0.1, 0.15) is 12.1 Å². The van der Waals surface area contributed by atoms with Crippen LogP contribution < -0.4 is 21.4 Å². The predicted molar refractivity (Wildman–Crippen MR) is 130 cm³/mol. The molecule has 0 radical (unpaired) electrons. The Hall–Kier alpha value is -4.03. The van der Waals surface area contributed by atoms with Crippen molar-refractivity contribution in [3.8, 4) is 10.9 Å². The van der Waals surface area contributed by atoms with Crippen LogP contribution in [-0.4, -0.2) is 36.6 Å². The summed E-state index contributed by atoms with van der Waals surface area (Å²) in [6.07, 6.45) is 1.26. The maximum atomic E-state index is 13.2. The van der Waals surface area contributed by atoms with Crippen molar-refractivity contribution in [3.63, 3.8) is 0 Å². The Balaban J connectivity index is 1.65. The summed E-state index contributed by atoms with van der Waals surface area (Å²) < 4.78 is 16.3. The highest BCUT2D eigenvalue weighted by Crippen LogP contribution is 2.24. The van der Waals surface area contributed by atoms with E-state index in [2.05, 4.69) is 24.4 Å². The maximum absolute atomic E-state index is 13.2. The molecule has 4 rings (SSSR count). The summed E-state index contributed by atoms with van der Waals surface area (Å²) in [5, 5.41) is 3.97. The molecule has 0 fully saturated rings. The number of ether oxygens (including phenoxy) is 2. The Labute approximate surface area is 207 Å². The zero-order valence-corrected chi connectivity index (χ0v) is 20.0. The number of halogens is 1. The van der Waals surface area contributed by atoms with Crippen molar-refractivity contribution >= 4 is 40.7 Å². The van der Waals surface area contributed by atoms with Crippen molar-refractivity contribution in [1.29, 1.82) is 0 Å². The van der Waals surface area contributed by atoms with Crippen LogP contribution in [0.4, 0.5) is 11.6 Å². The van der Waals surface area contributed by atoms with E-state index in [4.69, 9.17) is 16.3 Å². The van der Waals surface area contributed by atoms with Crippen molar-refractivity contribution in [2.75, 3.05) is 12.4 Å². The molecule has 2 aromatic heterocycles. The number of nitrogens with zero attached hydrogens (tertiary/aromatic N) is 5. The van der Waals surface area contributed by atoms with Gasteiger partial charge in [0.2, 0.25) is 5.95 Å². The van der Waals surface area contributed by atoms with E-state index >= 15 is 0 Å². The number of aromatic nitrogens is 5. The Bertz CT molecular complexity index is 1420. The van der Waals surface area contributed by atoms with Crippen molar-refractivity contribution in [2.24, 2.45) is 0 Å². The molecule has 0 aliphatic heterocycles. The molecule has 13 heteroatoms. The molecule has 180 valence electrons. The number of esters is 1. The monoisotopic (exact) mass is 514 g/mol. The normalized spacial score (nSPS) is 10.7. The minimum absolute atomic E-state index is 0.0436. The van der Waals surface area contributed by atoms with E-state index in [1.807, 2.05) is 0 Å². The summed E-state index contributed by atoms with van der Waals surface area (Å²) >= 11 is 7.09. The van der Waals surface area contributed by atoms with Gasteiger partial charge in [0.25, 0.3) is 5.19 Å². The highest BCUT2D eigenvalue weighted by molar-refractivity contribution is 7.07. The third-order valence-corrected chi connectivity index (χ3v) is 5.62. The van der Waals surface area contributed by atoms with Crippen molar-refractivity contribution < 1.29 is 14.3 Å². The molecule has 35 heavy (non-hydrogen) atoms. The number of hydrogen-bond acceptors (Lipinski definition) is 10. The summed E-state index contributed by atoms with van der Waals surface area (Å²) in [5.74, 6) is 0.0395. The van der Waals surface area contributed by atoms with Gasteiger partial charge in [-0.2, -0.15) is 14.3 Å². The average molecular weight is 515 g/mol. The van der Waals surface area contributed by atoms with Gasteiger partial charge in [-0.3, -0.25) is 9.36 Å². The fourth-order valence-corrected chi connectivity index (χ4v) is 3.62. The van der Waals surface area contributed by atoms with Crippen molar-refractivity contribution in [1.82, 2.24) is 23.5 Å². The van der Waals surface area contributed by atoms with Crippen LogP contribution >= 0.6 is 23.1 Å². The van der Waals surface area contributed by atoms with Crippen LogP contribution in [0, 0.1) is 0 Å². The molecule has 0 aliphatic carbocycles. The Morgan fingerprint density at radius 2 is 1.83 bits per heavy atom. The van der Waals surface area contributed by atoms with Gasteiger partial charge < -0.3 is 14.8 Å². The first-order valence-corrected chi connectivity index (χ1v) is 11.4. The highest BCUT2D eigenvalue weighted by atomic mass is 35.5. The van der Waals surface area contributed by atoms with Crippen LogP contribution in [0.2, 0.25) is 5.02 Å². The standard InChI is InChI=1S/C22H19ClN6O5S/c1-33-18(30)10-11-28-20(31)27-19(29(22(28)32)12-14-2-4-15(23)5-3-14)26-16-6-8-17(9-7-16)34-21-24-13-25-35-21/h2-9,13H,10-12H2,1H3,(H,26,27,31). The van der Waals surface area contributed by atoms with E-state index in [9.17, 15) is 14.4 Å². The molecule has 0 aliphatic rings. The summed E-state index contributed by atoms with van der Waals surface area (Å²) in [5.41, 5.74) is -0.0778. The van der Waals surface area contributed by atoms with Crippen LogP contribution in [0.3, 0.4) is 0 Å². The lowest BCUT2D eigenvalue weighted by Crippen LogP contribution is -2.43. The smallest absolute Gasteiger partial charge is 0.354 e. The van der Waals surface area contributed by atoms with E-state index in [1.165, 1.54) is 18.0 Å². The number of rotatable bonds is 9. The lowest BCUT2D eigenvalue weighted by Gasteiger charge is -2.16. The van der Waals surface area contributed by atoms with Gasteiger partial charge in [-0.15, -0.1) is 0 Å². The number of methoxy groups -OCH3 is 1.